The molecule has 1 aliphatic carbocycles. The number of nitrogens with two attached hydrogens (primary N) is 1. The highest BCUT2D eigenvalue weighted by molar-refractivity contribution is 9.10. The summed E-state index contributed by atoms with van der Waals surface area (Å²) in [7, 11) is 0. The van der Waals surface area contributed by atoms with E-state index in [4.69, 9.17) is 5.73 Å². The van der Waals surface area contributed by atoms with E-state index in [0.29, 0.717) is 32.0 Å². The van der Waals surface area contributed by atoms with Gasteiger partial charge in [-0.3, -0.25) is 4.79 Å². The molecule has 1 fully saturated rings. The third kappa shape index (κ3) is 5.51. The number of carbonyl (C=O) groups is 1. The normalized spacial score (nSPS) is 18.6. The Labute approximate surface area is 204 Å². The number of hydrogen-bond donors (Lipinski definition) is 1. The number of carbonyl (C=O) groups excluding carboxylic acids is 1. The van der Waals surface area contributed by atoms with Crippen LogP contribution in [0.25, 0.3) is 0 Å². The van der Waals surface area contributed by atoms with Crippen LogP contribution in [0.2, 0.25) is 0 Å². The Morgan fingerprint density at radius 2 is 1.84 bits per heavy atom. The van der Waals surface area contributed by atoms with E-state index in [0.717, 1.165) is 41.8 Å². The number of amides is 1. The molecule has 0 saturated carbocycles. The summed E-state index contributed by atoms with van der Waals surface area (Å²) < 4.78 is 1.01. The average molecular weight is 531 g/mol. The minimum absolute atomic E-state index is 0. The number of nitrogens with zero attached hydrogens (tertiary/aromatic N) is 4. The summed E-state index contributed by atoms with van der Waals surface area (Å²) in [6.07, 6.45) is 4.54. The van der Waals surface area contributed by atoms with Crippen molar-refractivity contribution in [2.24, 2.45) is 5.73 Å². The summed E-state index contributed by atoms with van der Waals surface area (Å²) in [5, 5.41) is 0. The van der Waals surface area contributed by atoms with Gasteiger partial charge in [0.15, 0.2) is 0 Å². The van der Waals surface area contributed by atoms with Crippen molar-refractivity contribution in [3.63, 3.8) is 0 Å². The molecule has 170 valence electrons. The molecule has 2 N–H and O–H groups in total. The zero-order chi connectivity index (χ0) is 20.4. The maximum absolute atomic E-state index is 13.3. The molecule has 1 aromatic heterocycles. The lowest BCUT2D eigenvalue weighted by Gasteiger charge is -2.38. The predicted octanol–water partition coefficient (Wildman–Crippen LogP) is 3.91. The van der Waals surface area contributed by atoms with E-state index in [9.17, 15) is 4.79 Å². The largest absolute Gasteiger partial charge is 0.353 e. The van der Waals surface area contributed by atoms with Gasteiger partial charge in [-0.05, 0) is 49.4 Å². The summed E-state index contributed by atoms with van der Waals surface area (Å²) in [4.78, 5) is 26.7. The van der Waals surface area contributed by atoms with E-state index in [1.807, 2.05) is 29.2 Å². The summed E-state index contributed by atoms with van der Waals surface area (Å²) in [6, 6.07) is 8.01. The number of aromatic nitrogens is 2. The second kappa shape index (κ2) is 11.5. The lowest BCUT2D eigenvalue weighted by molar-refractivity contribution is -0.133. The van der Waals surface area contributed by atoms with Gasteiger partial charge in [-0.2, -0.15) is 0 Å². The Kier molecular flexibility index (Phi) is 9.55. The van der Waals surface area contributed by atoms with Crippen LogP contribution in [0.1, 0.15) is 48.4 Å². The van der Waals surface area contributed by atoms with E-state index < -0.39 is 0 Å². The van der Waals surface area contributed by atoms with Crippen molar-refractivity contribution in [3.8, 4) is 0 Å². The van der Waals surface area contributed by atoms with Crippen LogP contribution in [-0.4, -0.2) is 53.5 Å². The highest BCUT2D eigenvalue weighted by Gasteiger charge is 2.31. The van der Waals surface area contributed by atoms with E-state index in [-0.39, 0.29) is 36.6 Å². The van der Waals surface area contributed by atoms with Gasteiger partial charge in [-0.1, -0.05) is 35.0 Å². The number of piperazine rings is 1. The first-order chi connectivity index (χ1) is 14.1. The number of aryl methyl sites for hydroxylation is 1. The molecule has 1 saturated heterocycles. The molecule has 1 aliphatic heterocycles. The predicted molar refractivity (Wildman–Crippen MR) is 133 cm³/mol. The first-order valence-corrected chi connectivity index (χ1v) is 11.2. The van der Waals surface area contributed by atoms with Gasteiger partial charge in [0.25, 0.3) is 0 Å². The average Bonchev–Trinajstić information content (AvgIpc) is 3.14. The number of hydrogen-bond acceptors (Lipinski definition) is 5. The van der Waals surface area contributed by atoms with Crippen molar-refractivity contribution in [2.45, 2.75) is 38.0 Å². The first-order valence-electron chi connectivity index (χ1n) is 10.4. The smallest absolute Gasteiger partial charge is 0.230 e. The third-order valence-electron chi connectivity index (χ3n) is 6.17. The van der Waals surface area contributed by atoms with Gasteiger partial charge in [0.1, 0.15) is 12.1 Å². The Balaban J connectivity index is 0.00000171. The molecule has 2 aliphatic rings. The van der Waals surface area contributed by atoms with E-state index >= 15 is 0 Å². The molecule has 0 bridgehead atoms. The van der Waals surface area contributed by atoms with Gasteiger partial charge < -0.3 is 15.5 Å². The molecule has 9 heteroatoms. The van der Waals surface area contributed by atoms with Crippen LogP contribution in [0, 0.1) is 0 Å². The second-order valence-electron chi connectivity index (χ2n) is 7.99. The van der Waals surface area contributed by atoms with Gasteiger partial charge >= 0.3 is 0 Å². The van der Waals surface area contributed by atoms with Gasteiger partial charge in [0, 0.05) is 41.9 Å². The summed E-state index contributed by atoms with van der Waals surface area (Å²) in [5.41, 5.74) is 9.36. The second-order valence-corrected chi connectivity index (χ2v) is 8.91. The molecular weight excluding hydrogens is 501 g/mol. The van der Waals surface area contributed by atoms with E-state index in [1.54, 1.807) is 6.33 Å². The number of anilines is 1. The highest BCUT2D eigenvalue weighted by Crippen LogP contribution is 2.37. The minimum Gasteiger partial charge on any atom is -0.353 e. The molecule has 1 aromatic carbocycles. The van der Waals surface area contributed by atoms with Crippen molar-refractivity contribution < 1.29 is 4.79 Å². The number of benzene rings is 1. The van der Waals surface area contributed by atoms with Gasteiger partial charge in [-0.15, -0.1) is 24.8 Å². The zero-order valence-electron chi connectivity index (χ0n) is 17.7. The standard InChI is InChI=1S/C22H28BrN5O.2ClH/c1-15-2-7-19-20(15)21(26-14-25-19)27-10-12-28(13-11-27)22(29)18(8-9-24)16-3-5-17(23)6-4-16;;/h3-6,14-15,18H,2,7-13,24H2,1H3;2*1H/t15-,18-;;/m1../s1. The minimum atomic E-state index is -0.178. The molecular formula is C22H30BrCl2N5O. The van der Waals surface area contributed by atoms with Crippen molar-refractivity contribution in [3.05, 3.63) is 51.9 Å². The maximum atomic E-state index is 13.3. The molecule has 1 amide bonds. The summed E-state index contributed by atoms with van der Waals surface area (Å²) >= 11 is 3.47. The first kappa shape index (κ1) is 25.8. The monoisotopic (exact) mass is 529 g/mol. The quantitative estimate of drug-likeness (QED) is 0.634. The molecule has 0 spiro atoms. The van der Waals surface area contributed by atoms with Gasteiger partial charge in [-0.25, -0.2) is 9.97 Å². The maximum Gasteiger partial charge on any atom is 0.230 e. The van der Waals surface area contributed by atoms with Crippen LogP contribution in [0.15, 0.2) is 35.1 Å². The number of halogens is 3. The molecule has 0 unspecified atom stereocenters. The molecule has 2 aromatic rings. The van der Waals surface area contributed by atoms with Crippen LogP contribution in [0.3, 0.4) is 0 Å². The number of fused-ring (bicyclic) bond motifs is 1. The summed E-state index contributed by atoms with van der Waals surface area (Å²) in [5.74, 6) is 1.58. The van der Waals surface area contributed by atoms with Crippen LogP contribution < -0.4 is 10.6 Å². The Hall–Kier alpha value is -1.41. The SMILES string of the molecule is C[C@@H]1CCc2ncnc(N3CCN(C(=O)[C@H](CCN)c4ccc(Br)cc4)CC3)c21.Cl.Cl. The third-order valence-corrected chi connectivity index (χ3v) is 6.70. The van der Waals surface area contributed by atoms with Crippen molar-refractivity contribution >= 4 is 52.5 Å². The molecule has 6 nitrogen and oxygen atoms in total. The van der Waals surface area contributed by atoms with Crippen LogP contribution >= 0.6 is 40.7 Å². The fraction of sp³-hybridized carbons (Fsp3) is 0.500. The molecule has 2 atom stereocenters. The lowest BCUT2D eigenvalue weighted by Crippen LogP contribution is -2.50. The Bertz CT molecular complexity index is 875. The van der Waals surface area contributed by atoms with Gasteiger partial charge in [0.05, 0.1) is 5.92 Å². The van der Waals surface area contributed by atoms with Crippen LogP contribution in [0.5, 0.6) is 0 Å². The Morgan fingerprint density at radius 3 is 2.48 bits per heavy atom. The number of rotatable bonds is 5. The molecule has 31 heavy (non-hydrogen) atoms. The Morgan fingerprint density at radius 1 is 1.16 bits per heavy atom. The highest BCUT2D eigenvalue weighted by atomic mass is 79.9. The molecule has 2 heterocycles. The zero-order valence-corrected chi connectivity index (χ0v) is 20.9. The van der Waals surface area contributed by atoms with Crippen LogP contribution in [0.4, 0.5) is 5.82 Å². The van der Waals surface area contributed by atoms with Crippen molar-refractivity contribution in [2.75, 3.05) is 37.6 Å². The van der Waals surface area contributed by atoms with E-state index in [1.165, 1.54) is 11.3 Å². The fourth-order valence-electron chi connectivity index (χ4n) is 4.53. The molecule has 4 rings (SSSR count). The van der Waals surface area contributed by atoms with E-state index in [2.05, 4.69) is 37.7 Å². The van der Waals surface area contributed by atoms with Crippen molar-refractivity contribution in [1.29, 1.82) is 0 Å². The van der Waals surface area contributed by atoms with Crippen molar-refractivity contribution in [1.82, 2.24) is 14.9 Å². The van der Waals surface area contributed by atoms with Gasteiger partial charge in [0.2, 0.25) is 5.91 Å². The summed E-state index contributed by atoms with van der Waals surface area (Å²) in [6.45, 7) is 5.79. The van der Waals surface area contributed by atoms with Crippen LogP contribution in [-0.2, 0) is 11.2 Å². The fourth-order valence-corrected chi connectivity index (χ4v) is 4.79. The topological polar surface area (TPSA) is 75.4 Å². The molecule has 0 radical (unpaired) electrons. The lowest BCUT2D eigenvalue weighted by atomic mass is 9.94.